The molecular formula is C28H29FN2O7. The zero-order valence-corrected chi connectivity index (χ0v) is 20.9. The van der Waals surface area contributed by atoms with E-state index in [1.165, 1.54) is 12.1 Å². The number of carboxylic acid groups (broad SMARTS) is 2. The van der Waals surface area contributed by atoms with Crippen LogP contribution in [0, 0.1) is 5.82 Å². The van der Waals surface area contributed by atoms with Crippen molar-refractivity contribution in [3.05, 3.63) is 95.3 Å². The summed E-state index contributed by atoms with van der Waals surface area (Å²) >= 11 is 0. The van der Waals surface area contributed by atoms with E-state index in [1.54, 1.807) is 24.1 Å². The molecule has 0 aliphatic carbocycles. The molecule has 1 aliphatic rings. The first-order valence-corrected chi connectivity index (χ1v) is 11.8. The molecule has 2 N–H and O–H groups in total. The van der Waals surface area contributed by atoms with Crippen LogP contribution in [0.4, 0.5) is 4.39 Å². The second-order valence-electron chi connectivity index (χ2n) is 8.45. The summed E-state index contributed by atoms with van der Waals surface area (Å²) in [5, 5.41) is 14.8. The second-order valence-corrected chi connectivity index (χ2v) is 8.45. The summed E-state index contributed by atoms with van der Waals surface area (Å²) in [6.07, 6.45) is 0. The van der Waals surface area contributed by atoms with E-state index >= 15 is 0 Å². The van der Waals surface area contributed by atoms with E-state index in [0.29, 0.717) is 36.8 Å². The molecule has 1 heterocycles. The Labute approximate surface area is 219 Å². The molecule has 38 heavy (non-hydrogen) atoms. The first kappa shape index (κ1) is 28.1. The summed E-state index contributed by atoms with van der Waals surface area (Å²) in [6.45, 7) is 3.97. The van der Waals surface area contributed by atoms with E-state index < -0.39 is 11.9 Å². The highest BCUT2D eigenvalue weighted by molar-refractivity contribution is 6.27. The lowest BCUT2D eigenvalue weighted by atomic mass is 10.1. The molecule has 0 radical (unpaired) electrons. The third-order valence-electron chi connectivity index (χ3n) is 5.79. The molecular weight excluding hydrogens is 495 g/mol. The van der Waals surface area contributed by atoms with Crippen molar-refractivity contribution in [3.8, 4) is 11.5 Å². The van der Waals surface area contributed by atoms with E-state index in [-0.39, 0.29) is 11.7 Å². The molecule has 0 saturated carbocycles. The summed E-state index contributed by atoms with van der Waals surface area (Å²) in [5.74, 6) is -2.74. The van der Waals surface area contributed by atoms with Crippen LogP contribution < -0.4 is 9.47 Å². The second kappa shape index (κ2) is 13.8. The molecule has 4 rings (SSSR count). The summed E-state index contributed by atoms with van der Waals surface area (Å²) in [5.41, 5.74) is 2.62. The Bertz CT molecular complexity index is 1230. The van der Waals surface area contributed by atoms with Crippen LogP contribution in [0.3, 0.4) is 0 Å². The Balaban J connectivity index is 0.000000599. The minimum atomic E-state index is -1.82. The van der Waals surface area contributed by atoms with Gasteiger partial charge in [-0.3, -0.25) is 9.69 Å². The first-order valence-electron chi connectivity index (χ1n) is 11.8. The van der Waals surface area contributed by atoms with Gasteiger partial charge in [0.25, 0.3) is 5.91 Å². The molecule has 0 bridgehead atoms. The fourth-order valence-corrected chi connectivity index (χ4v) is 3.84. The maximum Gasteiger partial charge on any atom is 0.414 e. The van der Waals surface area contributed by atoms with Crippen molar-refractivity contribution in [2.75, 3.05) is 33.3 Å². The number of piperazine rings is 1. The Morgan fingerprint density at radius 1 is 0.816 bits per heavy atom. The van der Waals surface area contributed by atoms with Gasteiger partial charge in [-0.1, -0.05) is 42.5 Å². The zero-order chi connectivity index (χ0) is 27.5. The van der Waals surface area contributed by atoms with Crippen LogP contribution >= 0.6 is 0 Å². The SMILES string of the molecule is COc1ccc(CN2CCN(C(=O)c3cccc(F)c3)CC2)cc1OCc1ccccc1.O=C(O)C(=O)O. The summed E-state index contributed by atoms with van der Waals surface area (Å²) in [4.78, 5) is 34.9. The number of hydrogen-bond acceptors (Lipinski definition) is 6. The van der Waals surface area contributed by atoms with E-state index in [0.717, 1.165) is 30.8 Å². The van der Waals surface area contributed by atoms with Crippen molar-refractivity contribution < 1.29 is 38.5 Å². The number of ether oxygens (including phenoxy) is 2. The van der Waals surface area contributed by atoms with Gasteiger partial charge in [0.1, 0.15) is 12.4 Å². The quantitative estimate of drug-likeness (QED) is 0.451. The molecule has 3 aromatic rings. The van der Waals surface area contributed by atoms with Gasteiger partial charge in [0.15, 0.2) is 11.5 Å². The smallest absolute Gasteiger partial charge is 0.414 e. The highest BCUT2D eigenvalue weighted by Crippen LogP contribution is 2.29. The van der Waals surface area contributed by atoms with Gasteiger partial charge in [-0.05, 0) is 41.5 Å². The molecule has 0 aromatic heterocycles. The van der Waals surface area contributed by atoms with E-state index in [2.05, 4.69) is 4.90 Å². The molecule has 9 nitrogen and oxygen atoms in total. The lowest BCUT2D eigenvalue weighted by Gasteiger charge is -2.35. The zero-order valence-electron chi connectivity index (χ0n) is 20.9. The van der Waals surface area contributed by atoms with Crippen LogP contribution in [0.1, 0.15) is 21.5 Å². The normalized spacial score (nSPS) is 13.2. The molecule has 1 aliphatic heterocycles. The molecule has 0 unspecified atom stereocenters. The van der Waals surface area contributed by atoms with Gasteiger partial charge in [0.2, 0.25) is 0 Å². The average molecular weight is 525 g/mol. The fourth-order valence-electron chi connectivity index (χ4n) is 3.84. The summed E-state index contributed by atoms with van der Waals surface area (Å²) in [7, 11) is 1.64. The van der Waals surface area contributed by atoms with Crippen LogP contribution in [0.5, 0.6) is 11.5 Å². The van der Waals surface area contributed by atoms with E-state index in [1.807, 2.05) is 48.5 Å². The molecule has 0 spiro atoms. The van der Waals surface area contributed by atoms with Gasteiger partial charge in [-0.25, -0.2) is 14.0 Å². The highest BCUT2D eigenvalue weighted by Gasteiger charge is 2.22. The van der Waals surface area contributed by atoms with Crippen molar-refractivity contribution in [2.24, 2.45) is 0 Å². The molecule has 1 amide bonds. The molecule has 3 aromatic carbocycles. The molecule has 1 fully saturated rings. The lowest BCUT2D eigenvalue weighted by Crippen LogP contribution is -2.48. The average Bonchev–Trinajstić information content (AvgIpc) is 2.93. The van der Waals surface area contributed by atoms with Crippen LogP contribution in [-0.2, 0) is 22.7 Å². The standard InChI is InChI=1S/C26H27FN2O3.C2H2O4/c1-31-24-11-10-21(16-25(24)32-19-20-6-3-2-4-7-20)18-28-12-14-29(15-13-28)26(30)22-8-5-9-23(27)17-22;3-1(4)2(5)6/h2-11,16-17H,12-15,18-19H2,1H3;(H,3,4)(H,5,6). The number of carboxylic acids is 2. The Morgan fingerprint density at radius 3 is 2.11 bits per heavy atom. The number of nitrogens with zero attached hydrogens (tertiary/aromatic N) is 2. The lowest BCUT2D eigenvalue weighted by molar-refractivity contribution is -0.159. The topological polar surface area (TPSA) is 117 Å². The molecule has 10 heteroatoms. The number of hydrogen-bond donors (Lipinski definition) is 2. The third-order valence-corrected chi connectivity index (χ3v) is 5.79. The monoisotopic (exact) mass is 524 g/mol. The molecule has 1 saturated heterocycles. The van der Waals surface area contributed by atoms with Crippen LogP contribution in [0.2, 0.25) is 0 Å². The van der Waals surface area contributed by atoms with E-state index in [9.17, 15) is 9.18 Å². The van der Waals surface area contributed by atoms with Gasteiger partial charge in [0, 0.05) is 38.3 Å². The Hall–Kier alpha value is -4.44. The number of halogens is 1. The van der Waals surface area contributed by atoms with Gasteiger partial charge in [0.05, 0.1) is 7.11 Å². The third kappa shape index (κ3) is 8.31. The largest absolute Gasteiger partial charge is 0.493 e. The number of benzene rings is 3. The number of carbonyl (C=O) groups excluding carboxylic acids is 1. The van der Waals surface area contributed by atoms with Crippen LogP contribution in [0.25, 0.3) is 0 Å². The van der Waals surface area contributed by atoms with Gasteiger partial charge in [-0.2, -0.15) is 0 Å². The molecule has 200 valence electrons. The summed E-state index contributed by atoms with van der Waals surface area (Å²) < 4.78 is 24.9. The summed E-state index contributed by atoms with van der Waals surface area (Å²) in [6, 6.07) is 21.9. The fraction of sp³-hybridized carbons (Fsp3) is 0.250. The van der Waals surface area contributed by atoms with Crippen LogP contribution in [-0.4, -0.2) is 71.1 Å². The minimum absolute atomic E-state index is 0.120. The van der Waals surface area contributed by atoms with Crippen molar-refractivity contribution >= 4 is 17.8 Å². The Morgan fingerprint density at radius 2 is 1.50 bits per heavy atom. The van der Waals surface area contributed by atoms with Crippen LogP contribution in [0.15, 0.2) is 72.8 Å². The molecule has 0 atom stereocenters. The predicted octanol–water partition coefficient (Wildman–Crippen LogP) is 3.53. The number of methoxy groups -OCH3 is 1. The van der Waals surface area contributed by atoms with E-state index in [4.69, 9.17) is 29.3 Å². The number of amides is 1. The number of carbonyl (C=O) groups is 3. The maximum absolute atomic E-state index is 13.4. The maximum atomic E-state index is 13.4. The van der Waals surface area contributed by atoms with Gasteiger partial charge in [-0.15, -0.1) is 0 Å². The predicted molar refractivity (Wildman–Crippen MR) is 137 cm³/mol. The Kier molecular flexibility index (Phi) is 10.2. The van der Waals surface area contributed by atoms with Crippen molar-refractivity contribution in [1.29, 1.82) is 0 Å². The van der Waals surface area contributed by atoms with Crippen molar-refractivity contribution in [3.63, 3.8) is 0 Å². The highest BCUT2D eigenvalue weighted by atomic mass is 19.1. The van der Waals surface area contributed by atoms with Gasteiger partial charge < -0.3 is 24.6 Å². The van der Waals surface area contributed by atoms with Crippen molar-refractivity contribution in [2.45, 2.75) is 13.2 Å². The number of rotatable bonds is 7. The minimum Gasteiger partial charge on any atom is -0.493 e. The van der Waals surface area contributed by atoms with Crippen molar-refractivity contribution in [1.82, 2.24) is 9.80 Å². The first-order chi connectivity index (χ1) is 18.3. The number of aliphatic carboxylic acids is 2. The van der Waals surface area contributed by atoms with Gasteiger partial charge >= 0.3 is 11.9 Å².